The Morgan fingerprint density at radius 2 is 1.65 bits per heavy atom. The van der Waals surface area contributed by atoms with Crippen molar-refractivity contribution in [2.45, 2.75) is 6.92 Å². The van der Waals surface area contributed by atoms with Crippen molar-refractivity contribution in [1.29, 1.82) is 0 Å². The van der Waals surface area contributed by atoms with E-state index >= 15 is 0 Å². The second-order valence-corrected chi connectivity index (χ2v) is 6.26. The van der Waals surface area contributed by atoms with Crippen LogP contribution in [0.25, 0.3) is 28.0 Å². The average molecular weight is 342 g/mol. The first kappa shape index (κ1) is 15.9. The molecule has 3 aromatic carbocycles. The summed E-state index contributed by atoms with van der Waals surface area (Å²) in [5.74, 6) is 0.550. The van der Waals surface area contributed by atoms with E-state index in [9.17, 15) is 4.79 Å². The molecule has 5 nitrogen and oxygen atoms in total. The van der Waals surface area contributed by atoms with Crippen LogP contribution in [0.4, 0.5) is 11.4 Å². The molecule has 1 aromatic heterocycles. The first-order chi connectivity index (χ1) is 12.5. The first-order valence-corrected chi connectivity index (χ1v) is 8.29. The Hall–Kier alpha value is -3.60. The fourth-order valence-electron chi connectivity index (χ4n) is 3.11. The summed E-state index contributed by atoms with van der Waals surface area (Å²) in [6, 6.07) is 20.3. The number of aromatic nitrogens is 2. The van der Waals surface area contributed by atoms with Crippen LogP contribution in [0.1, 0.15) is 5.56 Å². The predicted octanol–water partition coefficient (Wildman–Crippen LogP) is 3.53. The Bertz CT molecular complexity index is 1190. The third kappa shape index (κ3) is 2.59. The Balaban J connectivity index is 2.16. The summed E-state index contributed by atoms with van der Waals surface area (Å²) in [6.07, 6.45) is 0. The molecule has 0 radical (unpaired) electrons. The van der Waals surface area contributed by atoms with E-state index in [-0.39, 0.29) is 5.56 Å². The SMILES string of the molecule is Cc1ccccc1-n1c(-c2cccc(N)c2)nc2ccc(N)cc2c1=O. The smallest absolute Gasteiger partial charge is 0.266 e. The Morgan fingerprint density at radius 1 is 0.885 bits per heavy atom. The zero-order valence-electron chi connectivity index (χ0n) is 14.3. The number of rotatable bonds is 2. The summed E-state index contributed by atoms with van der Waals surface area (Å²) in [7, 11) is 0. The van der Waals surface area contributed by atoms with Crippen molar-refractivity contribution in [1.82, 2.24) is 9.55 Å². The molecule has 128 valence electrons. The molecule has 0 aliphatic rings. The number of anilines is 2. The second kappa shape index (κ2) is 6.04. The van der Waals surface area contributed by atoms with Gasteiger partial charge in [0.1, 0.15) is 5.82 Å². The first-order valence-electron chi connectivity index (χ1n) is 8.29. The zero-order chi connectivity index (χ0) is 18.3. The normalized spacial score (nSPS) is 11.0. The van der Waals surface area contributed by atoms with Crippen molar-refractivity contribution < 1.29 is 0 Å². The molecular formula is C21H18N4O. The molecule has 0 bridgehead atoms. The van der Waals surface area contributed by atoms with Crippen LogP contribution in [0.2, 0.25) is 0 Å². The van der Waals surface area contributed by atoms with E-state index in [4.69, 9.17) is 16.5 Å². The van der Waals surface area contributed by atoms with Crippen molar-refractivity contribution >= 4 is 22.3 Å². The molecule has 0 fully saturated rings. The summed E-state index contributed by atoms with van der Waals surface area (Å²) in [4.78, 5) is 18.1. The second-order valence-electron chi connectivity index (χ2n) is 6.26. The molecule has 0 spiro atoms. The van der Waals surface area contributed by atoms with Gasteiger partial charge in [-0.05, 0) is 48.9 Å². The highest BCUT2D eigenvalue weighted by molar-refractivity contribution is 5.83. The third-order valence-corrected chi connectivity index (χ3v) is 4.39. The lowest BCUT2D eigenvalue weighted by molar-refractivity contribution is 0.965. The van der Waals surface area contributed by atoms with E-state index in [1.807, 2.05) is 55.5 Å². The van der Waals surface area contributed by atoms with Crippen LogP contribution in [0.5, 0.6) is 0 Å². The number of benzene rings is 3. The largest absolute Gasteiger partial charge is 0.399 e. The number of para-hydroxylation sites is 1. The zero-order valence-corrected chi connectivity index (χ0v) is 14.3. The van der Waals surface area contributed by atoms with Crippen LogP contribution in [-0.2, 0) is 0 Å². The van der Waals surface area contributed by atoms with Gasteiger partial charge in [0.2, 0.25) is 0 Å². The molecule has 4 aromatic rings. The Labute approximate surface area is 150 Å². The minimum atomic E-state index is -0.158. The molecule has 4 rings (SSSR count). The lowest BCUT2D eigenvalue weighted by atomic mass is 10.1. The van der Waals surface area contributed by atoms with E-state index in [0.29, 0.717) is 28.1 Å². The fourth-order valence-corrected chi connectivity index (χ4v) is 3.11. The van der Waals surface area contributed by atoms with Crippen molar-refractivity contribution in [3.8, 4) is 17.1 Å². The van der Waals surface area contributed by atoms with E-state index in [1.165, 1.54) is 0 Å². The van der Waals surface area contributed by atoms with E-state index < -0.39 is 0 Å². The predicted molar refractivity (Wildman–Crippen MR) is 106 cm³/mol. The highest BCUT2D eigenvalue weighted by atomic mass is 16.1. The fraction of sp³-hybridized carbons (Fsp3) is 0.0476. The number of hydrogen-bond acceptors (Lipinski definition) is 4. The van der Waals surface area contributed by atoms with Gasteiger partial charge in [-0.3, -0.25) is 9.36 Å². The lowest BCUT2D eigenvalue weighted by Crippen LogP contribution is -2.22. The van der Waals surface area contributed by atoms with Gasteiger partial charge in [-0.25, -0.2) is 4.98 Å². The van der Waals surface area contributed by atoms with E-state index in [1.54, 1.807) is 22.8 Å². The van der Waals surface area contributed by atoms with Gasteiger partial charge in [-0.15, -0.1) is 0 Å². The number of fused-ring (bicyclic) bond motifs is 1. The molecule has 4 N–H and O–H groups in total. The van der Waals surface area contributed by atoms with Gasteiger partial charge in [0.25, 0.3) is 5.56 Å². The van der Waals surface area contributed by atoms with Gasteiger partial charge in [0.15, 0.2) is 0 Å². The van der Waals surface area contributed by atoms with Crippen molar-refractivity contribution in [3.05, 3.63) is 82.6 Å². The molecule has 0 aliphatic heterocycles. The quantitative estimate of drug-likeness (QED) is 0.546. The van der Waals surface area contributed by atoms with Crippen LogP contribution in [-0.4, -0.2) is 9.55 Å². The van der Waals surface area contributed by atoms with Crippen LogP contribution in [0.3, 0.4) is 0 Å². The molecule has 0 amide bonds. The molecule has 0 saturated carbocycles. The van der Waals surface area contributed by atoms with Gasteiger partial charge in [0.05, 0.1) is 16.6 Å². The minimum Gasteiger partial charge on any atom is -0.399 e. The van der Waals surface area contributed by atoms with Gasteiger partial charge in [-0.2, -0.15) is 0 Å². The van der Waals surface area contributed by atoms with Gasteiger partial charge in [0, 0.05) is 16.9 Å². The summed E-state index contributed by atoms with van der Waals surface area (Å²) < 4.78 is 1.63. The topological polar surface area (TPSA) is 86.9 Å². The molecular weight excluding hydrogens is 324 g/mol. The number of hydrogen-bond donors (Lipinski definition) is 2. The van der Waals surface area contributed by atoms with Crippen LogP contribution in [0.15, 0.2) is 71.5 Å². The lowest BCUT2D eigenvalue weighted by Gasteiger charge is -2.16. The van der Waals surface area contributed by atoms with E-state index in [2.05, 4.69) is 0 Å². The minimum absolute atomic E-state index is 0.158. The molecule has 1 heterocycles. The van der Waals surface area contributed by atoms with Crippen molar-refractivity contribution in [3.63, 3.8) is 0 Å². The maximum Gasteiger partial charge on any atom is 0.266 e. The number of aryl methyl sites for hydroxylation is 1. The van der Waals surface area contributed by atoms with Crippen LogP contribution in [0, 0.1) is 6.92 Å². The highest BCUT2D eigenvalue weighted by Crippen LogP contribution is 2.25. The van der Waals surface area contributed by atoms with Gasteiger partial charge < -0.3 is 11.5 Å². The summed E-state index contributed by atoms with van der Waals surface area (Å²) in [5, 5.41) is 0.487. The maximum absolute atomic E-state index is 13.3. The summed E-state index contributed by atoms with van der Waals surface area (Å²) in [5.41, 5.74) is 16.0. The van der Waals surface area contributed by atoms with Gasteiger partial charge in [-0.1, -0.05) is 30.3 Å². The summed E-state index contributed by atoms with van der Waals surface area (Å²) in [6.45, 7) is 1.97. The molecule has 0 atom stereocenters. The van der Waals surface area contributed by atoms with Crippen LogP contribution >= 0.6 is 0 Å². The number of nitrogen functional groups attached to an aromatic ring is 2. The molecule has 26 heavy (non-hydrogen) atoms. The van der Waals surface area contributed by atoms with Crippen molar-refractivity contribution in [2.24, 2.45) is 0 Å². The Morgan fingerprint density at radius 3 is 2.42 bits per heavy atom. The highest BCUT2D eigenvalue weighted by Gasteiger charge is 2.16. The van der Waals surface area contributed by atoms with E-state index in [0.717, 1.165) is 16.8 Å². The molecule has 0 aliphatic carbocycles. The summed E-state index contributed by atoms with van der Waals surface area (Å²) >= 11 is 0. The van der Waals surface area contributed by atoms with Crippen molar-refractivity contribution in [2.75, 3.05) is 11.5 Å². The number of nitrogens with zero attached hydrogens (tertiary/aromatic N) is 2. The molecule has 0 unspecified atom stereocenters. The van der Waals surface area contributed by atoms with Crippen LogP contribution < -0.4 is 17.0 Å². The standard InChI is InChI=1S/C21H18N4O/c1-13-5-2-3-8-19(13)25-20(14-6-4-7-15(22)11-14)24-18-10-9-16(23)12-17(18)21(25)26/h2-12H,22-23H2,1H3. The third-order valence-electron chi connectivity index (χ3n) is 4.39. The number of nitrogens with two attached hydrogens (primary N) is 2. The molecule has 5 heteroatoms. The Kier molecular flexibility index (Phi) is 3.69. The average Bonchev–Trinajstić information content (AvgIpc) is 2.63. The maximum atomic E-state index is 13.3. The monoisotopic (exact) mass is 342 g/mol. The molecule has 0 saturated heterocycles. The van der Waals surface area contributed by atoms with Gasteiger partial charge >= 0.3 is 0 Å².